The van der Waals surface area contributed by atoms with E-state index < -0.39 is 0 Å². The smallest absolute Gasteiger partial charge is 0.336 e. The Labute approximate surface area is 128 Å². The molecular weight excluding hydrogens is 276 g/mol. The molecule has 0 atom stereocenters. The Kier molecular flexibility index (Phi) is 3.79. The van der Waals surface area contributed by atoms with Crippen LogP contribution in [0, 0.1) is 6.92 Å². The first-order valence-electron chi connectivity index (χ1n) is 7.04. The van der Waals surface area contributed by atoms with Crippen LogP contribution in [0.5, 0.6) is 5.75 Å². The van der Waals surface area contributed by atoms with Crippen molar-refractivity contribution in [2.24, 2.45) is 0 Å². The highest BCUT2D eigenvalue weighted by Gasteiger charge is 2.04. The van der Waals surface area contributed by atoms with Gasteiger partial charge in [0.25, 0.3) is 0 Å². The first-order valence-corrected chi connectivity index (χ1v) is 7.04. The Hall–Kier alpha value is -2.81. The van der Waals surface area contributed by atoms with E-state index in [4.69, 9.17) is 9.15 Å². The molecular formula is C19H16O3. The molecule has 0 aliphatic heterocycles. The van der Waals surface area contributed by atoms with Crippen LogP contribution in [0.25, 0.3) is 17.0 Å². The molecule has 110 valence electrons. The topological polar surface area (TPSA) is 39.4 Å². The second kappa shape index (κ2) is 5.90. The molecule has 1 heterocycles. The van der Waals surface area contributed by atoms with E-state index in [-0.39, 0.29) is 5.63 Å². The molecule has 0 fully saturated rings. The van der Waals surface area contributed by atoms with E-state index in [9.17, 15) is 4.79 Å². The van der Waals surface area contributed by atoms with Gasteiger partial charge in [-0.1, -0.05) is 30.9 Å². The molecule has 0 saturated carbocycles. The summed E-state index contributed by atoms with van der Waals surface area (Å²) in [5.41, 5.74) is 3.21. The summed E-state index contributed by atoms with van der Waals surface area (Å²) in [6.45, 7) is 6.10. The number of rotatable bonds is 4. The van der Waals surface area contributed by atoms with Crippen molar-refractivity contribution in [1.82, 2.24) is 0 Å². The molecule has 3 rings (SSSR count). The summed E-state index contributed by atoms with van der Waals surface area (Å²) < 4.78 is 11.0. The first-order chi connectivity index (χ1) is 10.7. The van der Waals surface area contributed by atoms with Crippen molar-refractivity contribution in [3.8, 4) is 5.75 Å². The second-order valence-corrected chi connectivity index (χ2v) is 5.14. The SMILES string of the molecule is C=Cc1cccc(COc2ccc3c(C)cc(=O)oc3c2)c1. The molecule has 0 aliphatic carbocycles. The van der Waals surface area contributed by atoms with E-state index >= 15 is 0 Å². The maximum atomic E-state index is 11.4. The third-order valence-electron chi connectivity index (χ3n) is 3.52. The van der Waals surface area contributed by atoms with Crippen LogP contribution < -0.4 is 10.4 Å². The monoisotopic (exact) mass is 292 g/mol. The molecule has 0 saturated heterocycles. The van der Waals surface area contributed by atoms with Crippen molar-refractivity contribution in [2.45, 2.75) is 13.5 Å². The summed E-state index contributed by atoms with van der Waals surface area (Å²) in [7, 11) is 0. The predicted molar refractivity (Wildman–Crippen MR) is 88.1 cm³/mol. The minimum absolute atomic E-state index is 0.346. The summed E-state index contributed by atoms with van der Waals surface area (Å²) in [6, 6.07) is 15.0. The minimum atomic E-state index is -0.346. The molecule has 0 bridgehead atoms. The summed E-state index contributed by atoms with van der Waals surface area (Å²) >= 11 is 0. The number of fused-ring (bicyclic) bond motifs is 1. The summed E-state index contributed by atoms with van der Waals surface area (Å²) in [6.07, 6.45) is 1.80. The van der Waals surface area contributed by atoms with E-state index in [2.05, 4.69) is 6.58 Å². The molecule has 2 aromatic carbocycles. The zero-order chi connectivity index (χ0) is 15.5. The Morgan fingerprint density at radius 3 is 2.86 bits per heavy atom. The summed E-state index contributed by atoms with van der Waals surface area (Å²) in [4.78, 5) is 11.4. The molecule has 0 radical (unpaired) electrons. The van der Waals surface area contributed by atoms with Gasteiger partial charge >= 0.3 is 5.63 Å². The lowest BCUT2D eigenvalue weighted by atomic mass is 10.1. The summed E-state index contributed by atoms with van der Waals surface area (Å²) in [5.74, 6) is 0.672. The fourth-order valence-corrected chi connectivity index (χ4v) is 2.37. The number of benzene rings is 2. The Morgan fingerprint density at radius 1 is 1.18 bits per heavy atom. The lowest BCUT2D eigenvalue weighted by molar-refractivity contribution is 0.306. The van der Waals surface area contributed by atoms with Crippen molar-refractivity contribution in [3.63, 3.8) is 0 Å². The predicted octanol–water partition coefficient (Wildman–Crippen LogP) is 4.32. The number of hydrogen-bond acceptors (Lipinski definition) is 3. The Bertz CT molecular complexity index is 891. The maximum Gasteiger partial charge on any atom is 0.336 e. The van der Waals surface area contributed by atoms with Crippen LogP contribution in [0.2, 0.25) is 0 Å². The van der Waals surface area contributed by atoms with Gasteiger partial charge in [-0.25, -0.2) is 4.79 Å². The minimum Gasteiger partial charge on any atom is -0.489 e. The van der Waals surface area contributed by atoms with Crippen molar-refractivity contribution < 1.29 is 9.15 Å². The van der Waals surface area contributed by atoms with Gasteiger partial charge < -0.3 is 9.15 Å². The lowest BCUT2D eigenvalue weighted by Crippen LogP contribution is -1.99. The van der Waals surface area contributed by atoms with Crippen LogP contribution in [0.1, 0.15) is 16.7 Å². The van der Waals surface area contributed by atoms with Crippen LogP contribution >= 0.6 is 0 Å². The molecule has 1 aromatic heterocycles. The largest absolute Gasteiger partial charge is 0.489 e. The Morgan fingerprint density at radius 2 is 2.05 bits per heavy atom. The third kappa shape index (κ3) is 2.93. The third-order valence-corrected chi connectivity index (χ3v) is 3.52. The fraction of sp³-hybridized carbons (Fsp3) is 0.105. The highest BCUT2D eigenvalue weighted by Crippen LogP contribution is 2.23. The molecule has 0 N–H and O–H groups in total. The molecule has 0 amide bonds. The Balaban J connectivity index is 1.84. The van der Waals surface area contributed by atoms with Crippen LogP contribution in [0.15, 0.2) is 64.3 Å². The molecule has 3 heteroatoms. The van der Waals surface area contributed by atoms with Gasteiger partial charge in [0.1, 0.15) is 17.9 Å². The average molecular weight is 292 g/mol. The van der Waals surface area contributed by atoms with Crippen molar-refractivity contribution in [2.75, 3.05) is 0 Å². The zero-order valence-electron chi connectivity index (χ0n) is 12.3. The van der Waals surface area contributed by atoms with Gasteiger partial charge in [0, 0.05) is 17.5 Å². The maximum absolute atomic E-state index is 11.4. The molecule has 0 unspecified atom stereocenters. The second-order valence-electron chi connectivity index (χ2n) is 5.14. The molecule has 22 heavy (non-hydrogen) atoms. The van der Waals surface area contributed by atoms with Crippen LogP contribution in [-0.2, 0) is 6.61 Å². The quantitative estimate of drug-likeness (QED) is 0.672. The highest BCUT2D eigenvalue weighted by atomic mass is 16.5. The summed E-state index contributed by atoms with van der Waals surface area (Å²) in [5, 5.41) is 0.917. The zero-order valence-corrected chi connectivity index (χ0v) is 12.3. The molecule has 0 aliphatic rings. The van der Waals surface area contributed by atoms with Gasteiger partial charge in [0.05, 0.1) is 0 Å². The molecule has 0 spiro atoms. The van der Waals surface area contributed by atoms with E-state index in [1.165, 1.54) is 6.07 Å². The van der Waals surface area contributed by atoms with Crippen molar-refractivity contribution >= 4 is 17.0 Å². The van der Waals surface area contributed by atoms with E-state index in [1.807, 2.05) is 43.3 Å². The average Bonchev–Trinajstić information content (AvgIpc) is 2.52. The van der Waals surface area contributed by atoms with Gasteiger partial charge in [0.15, 0.2) is 0 Å². The molecule has 3 nitrogen and oxygen atoms in total. The van der Waals surface area contributed by atoms with E-state index in [0.717, 1.165) is 22.1 Å². The standard InChI is InChI=1S/C19H16O3/c1-3-14-5-4-6-15(10-14)12-21-16-7-8-17-13(2)9-19(20)22-18(17)11-16/h3-11H,1,12H2,2H3. The number of hydrogen-bond donors (Lipinski definition) is 0. The van der Waals surface area contributed by atoms with Gasteiger partial charge in [-0.15, -0.1) is 0 Å². The van der Waals surface area contributed by atoms with Gasteiger partial charge in [-0.3, -0.25) is 0 Å². The number of ether oxygens (including phenoxy) is 1. The number of aryl methyl sites for hydroxylation is 1. The van der Waals surface area contributed by atoms with Crippen molar-refractivity contribution in [1.29, 1.82) is 0 Å². The lowest BCUT2D eigenvalue weighted by Gasteiger charge is -2.08. The van der Waals surface area contributed by atoms with Crippen molar-refractivity contribution in [3.05, 3.63) is 82.2 Å². The fourth-order valence-electron chi connectivity index (χ4n) is 2.37. The molecule has 3 aromatic rings. The van der Waals surface area contributed by atoms with E-state index in [0.29, 0.717) is 17.9 Å². The van der Waals surface area contributed by atoms with Gasteiger partial charge in [-0.2, -0.15) is 0 Å². The first kappa shape index (κ1) is 14.1. The highest BCUT2D eigenvalue weighted by molar-refractivity contribution is 5.81. The van der Waals surface area contributed by atoms with Gasteiger partial charge in [-0.05, 0) is 41.8 Å². The van der Waals surface area contributed by atoms with E-state index in [1.54, 1.807) is 12.1 Å². The van der Waals surface area contributed by atoms with Crippen LogP contribution in [0.4, 0.5) is 0 Å². The normalized spacial score (nSPS) is 10.6. The van der Waals surface area contributed by atoms with Gasteiger partial charge in [0.2, 0.25) is 0 Å². The van der Waals surface area contributed by atoms with Crippen LogP contribution in [0.3, 0.4) is 0 Å². The van der Waals surface area contributed by atoms with Crippen LogP contribution in [-0.4, -0.2) is 0 Å².